The van der Waals surface area contributed by atoms with Gasteiger partial charge in [0.15, 0.2) is 0 Å². The fourth-order valence-electron chi connectivity index (χ4n) is 2.49. The molecule has 2 N–H and O–H groups in total. The van der Waals surface area contributed by atoms with Gasteiger partial charge in [-0.3, -0.25) is 9.59 Å². The highest BCUT2D eigenvalue weighted by Gasteiger charge is 2.51. The molecule has 0 aromatic heterocycles. The van der Waals surface area contributed by atoms with Crippen LogP contribution in [-0.2, 0) is 9.59 Å². The summed E-state index contributed by atoms with van der Waals surface area (Å²) in [5.41, 5.74) is 1.51. The summed E-state index contributed by atoms with van der Waals surface area (Å²) >= 11 is 0. The maximum Gasteiger partial charge on any atom is 0.319 e. The number of carboxylic acid groups (broad SMARTS) is 1. The zero-order chi connectivity index (χ0) is 14.9. The van der Waals surface area contributed by atoms with E-state index < -0.39 is 17.3 Å². The Morgan fingerprint density at radius 1 is 1.30 bits per heavy atom. The number of benzene rings is 1. The van der Waals surface area contributed by atoms with E-state index in [-0.39, 0.29) is 0 Å². The molecule has 1 aromatic carbocycles. The monoisotopic (exact) mass is 276 g/mol. The summed E-state index contributed by atoms with van der Waals surface area (Å²) in [5.74, 6) is -1.44. The zero-order valence-corrected chi connectivity index (χ0v) is 12.1. The first-order chi connectivity index (χ1) is 9.36. The Bertz CT molecular complexity index is 548. The molecule has 0 radical (unpaired) electrons. The van der Waals surface area contributed by atoms with E-state index in [9.17, 15) is 14.7 Å². The van der Waals surface area contributed by atoms with E-state index in [1.165, 1.54) is 0 Å². The Kier molecular flexibility index (Phi) is 3.70. The normalized spacial score (nSPS) is 16.1. The number of nitrogens with one attached hydrogen (secondary N) is 1. The molecule has 5 heteroatoms. The van der Waals surface area contributed by atoms with Crippen LogP contribution in [0.15, 0.2) is 18.2 Å². The molecule has 1 aromatic rings. The van der Waals surface area contributed by atoms with E-state index in [4.69, 9.17) is 0 Å². The first kappa shape index (κ1) is 14.4. The molecule has 2 rings (SSSR count). The molecule has 0 atom stereocenters. The highest BCUT2D eigenvalue weighted by molar-refractivity contribution is 6.09. The minimum atomic E-state index is -1.23. The highest BCUT2D eigenvalue weighted by atomic mass is 16.4. The summed E-state index contributed by atoms with van der Waals surface area (Å²) in [4.78, 5) is 25.5. The summed E-state index contributed by atoms with van der Waals surface area (Å²) in [5, 5.41) is 12.0. The number of carbonyl (C=O) groups excluding carboxylic acids is 1. The van der Waals surface area contributed by atoms with Gasteiger partial charge >= 0.3 is 5.97 Å². The van der Waals surface area contributed by atoms with Crippen LogP contribution in [0.2, 0.25) is 0 Å². The third-order valence-corrected chi connectivity index (χ3v) is 4.00. The maximum atomic E-state index is 12.2. The Morgan fingerprint density at radius 3 is 2.40 bits per heavy atom. The second-order valence-electron chi connectivity index (χ2n) is 5.59. The van der Waals surface area contributed by atoms with Crippen molar-refractivity contribution in [1.29, 1.82) is 0 Å². The van der Waals surface area contributed by atoms with Crippen molar-refractivity contribution in [2.24, 2.45) is 5.41 Å². The number of amides is 1. The van der Waals surface area contributed by atoms with E-state index >= 15 is 0 Å². The number of aryl methyl sites for hydroxylation is 1. The molecule has 0 spiro atoms. The molecule has 0 unspecified atom stereocenters. The predicted molar refractivity (Wildman–Crippen MR) is 78.1 cm³/mol. The van der Waals surface area contributed by atoms with E-state index in [1.54, 1.807) is 6.07 Å². The van der Waals surface area contributed by atoms with Crippen molar-refractivity contribution in [1.82, 2.24) is 0 Å². The minimum Gasteiger partial charge on any atom is -0.480 e. The van der Waals surface area contributed by atoms with Crippen LogP contribution in [0.4, 0.5) is 11.4 Å². The van der Waals surface area contributed by atoms with Crippen molar-refractivity contribution in [2.75, 3.05) is 24.3 Å². The fourth-order valence-corrected chi connectivity index (χ4v) is 2.49. The van der Waals surface area contributed by atoms with Crippen molar-refractivity contribution in [3.05, 3.63) is 23.8 Å². The van der Waals surface area contributed by atoms with Gasteiger partial charge in [0.1, 0.15) is 5.41 Å². The first-order valence-corrected chi connectivity index (χ1v) is 6.70. The third-order valence-electron chi connectivity index (χ3n) is 4.00. The summed E-state index contributed by atoms with van der Waals surface area (Å²) < 4.78 is 0. The van der Waals surface area contributed by atoms with Crippen LogP contribution in [0.1, 0.15) is 24.8 Å². The van der Waals surface area contributed by atoms with Gasteiger partial charge in [0.05, 0.1) is 0 Å². The Morgan fingerprint density at radius 2 is 1.95 bits per heavy atom. The second-order valence-corrected chi connectivity index (χ2v) is 5.59. The standard InChI is InChI=1S/C15H20N2O3/c1-10-5-6-11(9-12(10)17(2)3)16-13(18)15(14(19)20)7-4-8-15/h5-6,9H,4,7-8H2,1-3H3,(H,16,18)(H,19,20). The topological polar surface area (TPSA) is 69.6 Å². The van der Waals surface area contributed by atoms with Crippen molar-refractivity contribution in [3.8, 4) is 0 Å². The summed E-state index contributed by atoms with van der Waals surface area (Å²) in [7, 11) is 3.86. The highest BCUT2D eigenvalue weighted by Crippen LogP contribution is 2.42. The van der Waals surface area contributed by atoms with Gasteiger partial charge in [-0.15, -0.1) is 0 Å². The molecular weight excluding hydrogens is 256 g/mol. The zero-order valence-electron chi connectivity index (χ0n) is 12.1. The Hall–Kier alpha value is -2.04. The number of carboxylic acids is 1. The van der Waals surface area contributed by atoms with Gasteiger partial charge in [0.25, 0.3) is 0 Å². The molecule has 5 nitrogen and oxygen atoms in total. The Labute approximate surface area is 118 Å². The Balaban J connectivity index is 2.20. The van der Waals surface area contributed by atoms with E-state index in [1.807, 2.05) is 38.1 Å². The van der Waals surface area contributed by atoms with Gasteiger partial charge in [0, 0.05) is 25.5 Å². The molecule has 1 aliphatic rings. The predicted octanol–water partition coefficient (Wildman–Crippen LogP) is 2.25. The number of carbonyl (C=O) groups is 2. The van der Waals surface area contributed by atoms with Crippen LogP contribution in [-0.4, -0.2) is 31.1 Å². The van der Waals surface area contributed by atoms with Crippen molar-refractivity contribution in [3.63, 3.8) is 0 Å². The van der Waals surface area contributed by atoms with E-state index in [2.05, 4.69) is 5.32 Å². The van der Waals surface area contributed by atoms with E-state index in [0.29, 0.717) is 18.5 Å². The molecule has 1 saturated carbocycles. The largest absolute Gasteiger partial charge is 0.480 e. The fraction of sp³-hybridized carbons (Fsp3) is 0.467. The van der Waals surface area contributed by atoms with Gasteiger partial charge in [-0.2, -0.15) is 0 Å². The lowest BCUT2D eigenvalue weighted by atomic mass is 9.68. The van der Waals surface area contributed by atoms with Gasteiger partial charge in [0.2, 0.25) is 5.91 Å². The van der Waals surface area contributed by atoms with Crippen molar-refractivity contribution < 1.29 is 14.7 Å². The molecule has 0 aliphatic heterocycles. The SMILES string of the molecule is Cc1ccc(NC(=O)C2(C(=O)O)CCC2)cc1N(C)C. The van der Waals surface area contributed by atoms with Gasteiger partial charge in [-0.1, -0.05) is 12.5 Å². The number of anilines is 2. The smallest absolute Gasteiger partial charge is 0.319 e. The number of aliphatic carboxylic acids is 1. The lowest BCUT2D eigenvalue weighted by molar-refractivity contribution is -0.159. The molecular formula is C15H20N2O3. The van der Waals surface area contributed by atoms with Crippen LogP contribution in [0.5, 0.6) is 0 Å². The first-order valence-electron chi connectivity index (χ1n) is 6.70. The molecule has 0 heterocycles. The molecule has 0 saturated heterocycles. The molecule has 1 fully saturated rings. The van der Waals surface area contributed by atoms with Crippen LogP contribution in [0.25, 0.3) is 0 Å². The lowest BCUT2D eigenvalue weighted by Gasteiger charge is -2.35. The average molecular weight is 276 g/mol. The minimum absolute atomic E-state index is 0.412. The van der Waals surface area contributed by atoms with Gasteiger partial charge in [-0.05, 0) is 37.5 Å². The van der Waals surface area contributed by atoms with Crippen LogP contribution >= 0.6 is 0 Å². The van der Waals surface area contributed by atoms with Crippen LogP contribution < -0.4 is 10.2 Å². The van der Waals surface area contributed by atoms with Crippen LogP contribution in [0.3, 0.4) is 0 Å². The molecule has 0 bridgehead atoms. The number of hydrogen-bond donors (Lipinski definition) is 2. The number of hydrogen-bond acceptors (Lipinski definition) is 3. The molecule has 20 heavy (non-hydrogen) atoms. The number of rotatable bonds is 4. The van der Waals surface area contributed by atoms with Crippen LogP contribution in [0, 0.1) is 12.3 Å². The van der Waals surface area contributed by atoms with Gasteiger partial charge < -0.3 is 15.3 Å². The maximum absolute atomic E-state index is 12.2. The lowest BCUT2D eigenvalue weighted by Crippen LogP contribution is -2.48. The van der Waals surface area contributed by atoms with E-state index in [0.717, 1.165) is 17.7 Å². The summed E-state index contributed by atoms with van der Waals surface area (Å²) in [6, 6.07) is 5.58. The van der Waals surface area contributed by atoms with Crippen molar-refractivity contribution >= 4 is 23.3 Å². The summed E-state index contributed by atoms with van der Waals surface area (Å²) in [6.45, 7) is 1.99. The summed E-state index contributed by atoms with van der Waals surface area (Å²) in [6.07, 6.45) is 1.62. The molecule has 1 amide bonds. The number of nitrogens with zero attached hydrogens (tertiary/aromatic N) is 1. The van der Waals surface area contributed by atoms with Crippen molar-refractivity contribution in [2.45, 2.75) is 26.2 Å². The average Bonchev–Trinajstić information content (AvgIpc) is 2.29. The van der Waals surface area contributed by atoms with Gasteiger partial charge in [-0.25, -0.2) is 0 Å². The molecule has 108 valence electrons. The third kappa shape index (κ3) is 2.35. The quantitative estimate of drug-likeness (QED) is 0.828. The second kappa shape index (κ2) is 5.15. The molecule has 1 aliphatic carbocycles.